The number of Topliss-reactive ketones (excluding diaryl/α,β-unsaturated/α-hetero) is 1. The second kappa shape index (κ2) is 14.3. The monoisotopic (exact) mass is 677 g/mol. The van der Waals surface area contributed by atoms with Crippen molar-refractivity contribution in [3.8, 4) is 0 Å². The molecule has 1 aromatic carbocycles. The van der Waals surface area contributed by atoms with E-state index in [4.69, 9.17) is 9.72 Å². The number of nitrogens with one attached hydrogen (secondary N) is 1. The Balaban J connectivity index is 0.978. The lowest BCUT2D eigenvalue weighted by molar-refractivity contribution is -0.139. The highest BCUT2D eigenvalue weighted by Gasteiger charge is 2.54. The Morgan fingerprint density at radius 3 is 2.27 bits per heavy atom. The van der Waals surface area contributed by atoms with Gasteiger partial charge in [0.2, 0.25) is 5.91 Å². The molecule has 11 nitrogen and oxygen atoms in total. The first-order valence-corrected chi connectivity index (χ1v) is 18.9. The normalized spacial score (nSPS) is 26.3. The minimum absolute atomic E-state index is 0.0244. The molecule has 1 N–H and O–H groups in total. The average molecular weight is 678 g/mol. The molecular formula is C36H51N7O4S. The van der Waals surface area contributed by atoms with E-state index in [0.29, 0.717) is 12.1 Å². The van der Waals surface area contributed by atoms with Crippen molar-refractivity contribution in [1.82, 2.24) is 20.1 Å². The molecule has 2 amide bonds. The van der Waals surface area contributed by atoms with Crippen LogP contribution in [-0.4, -0.2) is 123 Å². The number of anilines is 3. The number of carbonyl (C=O) groups excluding carboxylic acids is 3. The Labute approximate surface area is 288 Å². The Morgan fingerprint density at radius 2 is 1.58 bits per heavy atom. The molecule has 48 heavy (non-hydrogen) atoms. The lowest BCUT2D eigenvalue weighted by Crippen LogP contribution is -2.55. The summed E-state index contributed by atoms with van der Waals surface area (Å²) in [5, 5.41) is 6.46. The lowest BCUT2D eigenvalue weighted by Gasteiger charge is -2.36. The van der Waals surface area contributed by atoms with Crippen LogP contribution in [0.1, 0.15) is 56.3 Å². The summed E-state index contributed by atoms with van der Waals surface area (Å²) in [5.74, 6) is 1.15. The van der Waals surface area contributed by atoms with Gasteiger partial charge in [0.25, 0.3) is 5.91 Å². The number of likely N-dealkylation sites (N-methyl/N-ethyl adjacent to an activating group) is 1. The summed E-state index contributed by atoms with van der Waals surface area (Å²) in [7, 11) is 2.17. The second-order valence-corrected chi connectivity index (χ2v) is 15.6. The summed E-state index contributed by atoms with van der Waals surface area (Å²) < 4.78 is 5.89. The predicted molar refractivity (Wildman–Crippen MR) is 189 cm³/mol. The number of piperazine rings is 2. The summed E-state index contributed by atoms with van der Waals surface area (Å²) in [6, 6.07) is 6.59. The van der Waals surface area contributed by atoms with Crippen LogP contribution >= 0.6 is 11.3 Å². The van der Waals surface area contributed by atoms with E-state index in [2.05, 4.69) is 51.2 Å². The maximum absolute atomic E-state index is 14.2. The number of aromatic nitrogens is 1. The molecule has 4 saturated heterocycles. The van der Waals surface area contributed by atoms with Crippen molar-refractivity contribution >= 4 is 45.6 Å². The van der Waals surface area contributed by atoms with Crippen LogP contribution in [0.4, 0.5) is 16.6 Å². The molecule has 1 aliphatic carbocycles. The van der Waals surface area contributed by atoms with Gasteiger partial charge in [-0.05, 0) is 56.0 Å². The summed E-state index contributed by atoms with van der Waals surface area (Å²) in [4.78, 5) is 57.0. The summed E-state index contributed by atoms with van der Waals surface area (Å²) >= 11 is 1.74. The molecule has 5 fully saturated rings. The molecule has 0 unspecified atom stereocenters. The first-order valence-electron chi connectivity index (χ1n) is 18.0. The molecule has 0 radical (unpaired) electrons. The molecule has 260 valence electrons. The van der Waals surface area contributed by atoms with Gasteiger partial charge in [0.05, 0.1) is 6.10 Å². The van der Waals surface area contributed by atoms with E-state index in [1.54, 1.807) is 16.2 Å². The molecule has 2 aromatic rings. The summed E-state index contributed by atoms with van der Waals surface area (Å²) in [5.41, 5.74) is 1.63. The minimum atomic E-state index is -0.645. The van der Waals surface area contributed by atoms with Crippen molar-refractivity contribution in [3.63, 3.8) is 0 Å². The highest BCUT2D eigenvalue weighted by atomic mass is 32.1. The van der Waals surface area contributed by atoms with Gasteiger partial charge in [0, 0.05) is 81.5 Å². The first kappa shape index (κ1) is 33.3. The third kappa shape index (κ3) is 6.80. The molecule has 4 atom stereocenters. The Morgan fingerprint density at radius 1 is 0.917 bits per heavy atom. The van der Waals surface area contributed by atoms with Crippen LogP contribution in [0, 0.1) is 17.8 Å². The number of amides is 2. The number of ketones is 1. The second-order valence-electron chi connectivity index (χ2n) is 14.7. The number of nitrogens with zero attached hydrogens (tertiary/aromatic N) is 6. The van der Waals surface area contributed by atoms with E-state index >= 15 is 0 Å². The Bertz CT molecular complexity index is 1440. The largest absolute Gasteiger partial charge is 0.368 e. The highest BCUT2D eigenvalue weighted by Crippen LogP contribution is 2.38. The summed E-state index contributed by atoms with van der Waals surface area (Å²) in [6.45, 7) is 12.5. The third-order valence-corrected chi connectivity index (χ3v) is 12.3. The molecule has 5 heterocycles. The quantitative estimate of drug-likeness (QED) is 0.451. The van der Waals surface area contributed by atoms with Crippen LogP contribution in [-0.2, 0) is 14.3 Å². The van der Waals surface area contributed by atoms with Gasteiger partial charge in [0.15, 0.2) is 10.9 Å². The molecule has 4 aliphatic heterocycles. The van der Waals surface area contributed by atoms with Gasteiger partial charge in [-0.3, -0.25) is 14.4 Å². The van der Waals surface area contributed by atoms with Crippen molar-refractivity contribution in [2.45, 2.75) is 64.1 Å². The van der Waals surface area contributed by atoms with Crippen molar-refractivity contribution in [1.29, 1.82) is 0 Å². The van der Waals surface area contributed by atoms with Crippen LogP contribution in [0.3, 0.4) is 0 Å². The average Bonchev–Trinajstić information content (AvgIpc) is 3.85. The number of fused-ring (bicyclic) bond motifs is 1. The maximum atomic E-state index is 14.2. The summed E-state index contributed by atoms with van der Waals surface area (Å²) in [6.07, 6.45) is 4.81. The molecule has 5 aliphatic rings. The molecule has 0 bridgehead atoms. The number of ether oxygens (including phenoxy) is 1. The lowest BCUT2D eigenvalue weighted by atomic mass is 9.83. The maximum Gasteiger partial charge on any atom is 0.251 e. The van der Waals surface area contributed by atoms with E-state index in [-0.39, 0.29) is 48.1 Å². The smallest absolute Gasteiger partial charge is 0.251 e. The van der Waals surface area contributed by atoms with Crippen LogP contribution < -0.4 is 20.0 Å². The topological polar surface area (TPSA) is 102 Å². The minimum Gasteiger partial charge on any atom is -0.368 e. The van der Waals surface area contributed by atoms with Crippen LogP contribution in [0.5, 0.6) is 0 Å². The van der Waals surface area contributed by atoms with Gasteiger partial charge in [-0.1, -0.05) is 33.1 Å². The van der Waals surface area contributed by atoms with Crippen LogP contribution in [0.15, 0.2) is 29.6 Å². The van der Waals surface area contributed by atoms with E-state index in [0.717, 1.165) is 101 Å². The van der Waals surface area contributed by atoms with Crippen molar-refractivity contribution in [2.24, 2.45) is 17.8 Å². The van der Waals surface area contributed by atoms with Gasteiger partial charge in [-0.25, -0.2) is 4.98 Å². The zero-order valence-electron chi connectivity index (χ0n) is 28.7. The number of rotatable bonds is 8. The predicted octanol–water partition coefficient (Wildman–Crippen LogP) is 3.35. The molecule has 0 spiro atoms. The molecule has 12 heteroatoms. The van der Waals surface area contributed by atoms with Gasteiger partial charge in [-0.2, -0.15) is 0 Å². The zero-order chi connectivity index (χ0) is 33.4. The molecule has 1 aromatic heterocycles. The van der Waals surface area contributed by atoms with E-state index in [1.807, 2.05) is 24.3 Å². The number of carbonyl (C=O) groups is 3. The fourth-order valence-corrected chi connectivity index (χ4v) is 9.21. The number of likely N-dealkylation sites (tertiary alicyclic amines) is 1. The Hall–Kier alpha value is -3.22. The van der Waals surface area contributed by atoms with E-state index < -0.39 is 12.1 Å². The molecular weight excluding hydrogens is 627 g/mol. The van der Waals surface area contributed by atoms with Crippen molar-refractivity contribution in [3.05, 3.63) is 35.2 Å². The standard InChI is InChI=1S/C36H51N7O4S/c1-24(2)28-21-43(32-29(44)22-47-33(28)32)35(46)31(25-7-5-4-6-8-25)38-34(45)26-9-11-27(12-10-26)40-17-19-41(20-18-40)30-23-48-36(37-30)42-15-13-39(3)14-16-42/h9-12,23-25,28,31-33H,4-8,13-22H2,1-3H3,(H,38,45)/t28-,31+,32-,33-/m1/s1. The molecule has 1 saturated carbocycles. The molecule has 7 rings (SSSR count). The van der Waals surface area contributed by atoms with Crippen LogP contribution in [0.25, 0.3) is 0 Å². The highest BCUT2D eigenvalue weighted by molar-refractivity contribution is 7.14. The number of hydrogen-bond donors (Lipinski definition) is 1. The Kier molecular flexibility index (Phi) is 9.94. The third-order valence-electron chi connectivity index (χ3n) is 11.4. The van der Waals surface area contributed by atoms with Gasteiger partial charge in [0.1, 0.15) is 24.5 Å². The van der Waals surface area contributed by atoms with Gasteiger partial charge < -0.3 is 34.6 Å². The SMILES string of the molecule is CC(C)[C@H]1CN(C(=O)[C@@H](NC(=O)c2ccc(N3CCN(c4csc(N5CCN(C)CC5)n4)CC3)cc2)C2CCCCC2)[C@@H]2C(=O)CO[C@H]12. The van der Waals surface area contributed by atoms with Gasteiger partial charge in [-0.15, -0.1) is 11.3 Å². The van der Waals surface area contributed by atoms with Crippen molar-refractivity contribution in [2.75, 3.05) is 87.3 Å². The first-order chi connectivity index (χ1) is 23.3. The number of hydrogen-bond acceptors (Lipinski definition) is 10. The van der Waals surface area contributed by atoms with E-state index in [1.165, 1.54) is 0 Å². The van der Waals surface area contributed by atoms with E-state index in [9.17, 15) is 14.4 Å². The van der Waals surface area contributed by atoms with Crippen LogP contribution in [0.2, 0.25) is 0 Å². The van der Waals surface area contributed by atoms with Gasteiger partial charge >= 0.3 is 0 Å². The fourth-order valence-electron chi connectivity index (χ4n) is 8.32. The number of thiazole rings is 1. The number of benzene rings is 1. The van der Waals surface area contributed by atoms with Crippen molar-refractivity contribution < 1.29 is 19.1 Å². The fraction of sp³-hybridized carbons (Fsp3) is 0.667. The zero-order valence-corrected chi connectivity index (χ0v) is 29.5.